The van der Waals surface area contributed by atoms with Crippen LogP contribution in [0.2, 0.25) is 0 Å². The Morgan fingerprint density at radius 1 is 0.900 bits per heavy atom. The van der Waals surface area contributed by atoms with Crippen molar-refractivity contribution in [3.05, 3.63) is 0 Å². The summed E-state index contributed by atoms with van der Waals surface area (Å²) in [6, 6.07) is 0. The van der Waals surface area contributed by atoms with E-state index in [0.29, 0.717) is 11.3 Å². The second kappa shape index (κ2) is 8.41. The van der Waals surface area contributed by atoms with Gasteiger partial charge in [0, 0.05) is 0 Å². The molecule has 1 rings (SSSR count). The van der Waals surface area contributed by atoms with Crippen molar-refractivity contribution < 1.29 is 5.11 Å². The van der Waals surface area contributed by atoms with Gasteiger partial charge in [0.05, 0.1) is 5.60 Å². The van der Waals surface area contributed by atoms with Crippen LogP contribution in [0.1, 0.15) is 105 Å². The fraction of sp³-hybridized carbons (Fsp3) is 1.00. The fourth-order valence-corrected chi connectivity index (χ4v) is 4.48. The van der Waals surface area contributed by atoms with E-state index in [9.17, 15) is 5.11 Å². The molecule has 2 atom stereocenters. The predicted molar refractivity (Wildman–Crippen MR) is 89.0 cm³/mol. The molecular formula is C19H38O. The molecule has 120 valence electrons. The molecule has 2 unspecified atom stereocenters. The smallest absolute Gasteiger partial charge is 0.0655 e. The fourth-order valence-electron chi connectivity index (χ4n) is 4.48. The Morgan fingerprint density at radius 3 is 2.00 bits per heavy atom. The van der Waals surface area contributed by atoms with Gasteiger partial charge in [-0.15, -0.1) is 0 Å². The molecule has 0 heterocycles. The van der Waals surface area contributed by atoms with Gasteiger partial charge in [0.1, 0.15) is 0 Å². The second-order valence-electron chi connectivity index (χ2n) is 8.30. The molecule has 0 aliphatic heterocycles. The molecule has 1 aliphatic rings. The zero-order chi connectivity index (χ0) is 15.1. The molecule has 0 aromatic carbocycles. The first-order valence-corrected chi connectivity index (χ1v) is 9.09. The van der Waals surface area contributed by atoms with Crippen molar-refractivity contribution in [2.75, 3.05) is 0 Å². The van der Waals surface area contributed by atoms with Gasteiger partial charge in [0.25, 0.3) is 0 Å². The highest BCUT2D eigenvalue weighted by Crippen LogP contribution is 2.45. The Kier molecular flexibility index (Phi) is 7.58. The Balaban J connectivity index is 2.14. The minimum absolute atomic E-state index is 0.326. The summed E-state index contributed by atoms with van der Waals surface area (Å²) in [6.07, 6.45) is 15.1. The van der Waals surface area contributed by atoms with Gasteiger partial charge in [-0.3, -0.25) is 0 Å². The maximum Gasteiger partial charge on any atom is 0.0655 e. The molecule has 0 aromatic rings. The van der Waals surface area contributed by atoms with Crippen molar-refractivity contribution in [2.24, 2.45) is 11.3 Å². The van der Waals surface area contributed by atoms with E-state index < -0.39 is 0 Å². The maximum atomic E-state index is 10.8. The number of hydrogen-bond acceptors (Lipinski definition) is 1. The maximum absolute atomic E-state index is 10.8. The lowest BCUT2D eigenvalue weighted by atomic mass is 9.64. The van der Waals surface area contributed by atoms with Gasteiger partial charge in [-0.05, 0) is 37.0 Å². The molecule has 0 aromatic heterocycles. The van der Waals surface area contributed by atoms with Gasteiger partial charge in [0.15, 0.2) is 0 Å². The summed E-state index contributed by atoms with van der Waals surface area (Å²) < 4.78 is 0. The second-order valence-corrected chi connectivity index (χ2v) is 8.30. The third kappa shape index (κ3) is 7.11. The van der Waals surface area contributed by atoms with Crippen LogP contribution in [0.15, 0.2) is 0 Å². The van der Waals surface area contributed by atoms with Crippen molar-refractivity contribution in [3.63, 3.8) is 0 Å². The van der Waals surface area contributed by atoms with E-state index in [1.165, 1.54) is 57.8 Å². The van der Waals surface area contributed by atoms with E-state index >= 15 is 0 Å². The lowest BCUT2D eigenvalue weighted by Crippen LogP contribution is -2.42. The van der Waals surface area contributed by atoms with E-state index in [-0.39, 0.29) is 5.60 Å². The average molecular weight is 283 g/mol. The highest BCUT2D eigenvalue weighted by molar-refractivity contribution is 4.92. The summed E-state index contributed by atoms with van der Waals surface area (Å²) in [5, 5.41) is 10.8. The van der Waals surface area contributed by atoms with Crippen LogP contribution in [-0.4, -0.2) is 10.7 Å². The molecule has 0 radical (unpaired) electrons. The molecular weight excluding hydrogens is 244 g/mol. The van der Waals surface area contributed by atoms with Crippen molar-refractivity contribution in [1.29, 1.82) is 0 Å². The van der Waals surface area contributed by atoms with Crippen molar-refractivity contribution in [3.8, 4) is 0 Å². The first-order chi connectivity index (χ1) is 9.37. The Morgan fingerprint density at radius 2 is 1.45 bits per heavy atom. The highest BCUT2D eigenvalue weighted by Gasteiger charge is 2.40. The average Bonchev–Trinajstić information content (AvgIpc) is 2.29. The summed E-state index contributed by atoms with van der Waals surface area (Å²) in [6.45, 7) is 9.22. The van der Waals surface area contributed by atoms with Gasteiger partial charge in [-0.1, -0.05) is 79.1 Å². The molecule has 1 N–H and O–H groups in total. The van der Waals surface area contributed by atoms with Gasteiger partial charge in [-0.25, -0.2) is 0 Å². The van der Waals surface area contributed by atoms with Crippen LogP contribution in [0.4, 0.5) is 0 Å². The Bertz CT molecular complexity index is 258. The van der Waals surface area contributed by atoms with E-state index in [1.807, 2.05) is 0 Å². The lowest BCUT2D eigenvalue weighted by Gasteiger charge is -2.44. The minimum Gasteiger partial charge on any atom is -0.390 e. The standard InChI is InChI=1S/C19H38O/c1-5-6-7-8-9-10-11-12-13-19(20)15-17(2)14-18(3,4)16-19/h17,20H,5-16H2,1-4H3. The Hall–Kier alpha value is -0.0400. The SMILES string of the molecule is CCCCCCCCCCC1(O)CC(C)CC(C)(C)C1. The molecule has 1 fully saturated rings. The van der Waals surface area contributed by atoms with Gasteiger partial charge >= 0.3 is 0 Å². The van der Waals surface area contributed by atoms with Crippen molar-refractivity contribution in [1.82, 2.24) is 0 Å². The molecule has 20 heavy (non-hydrogen) atoms. The third-order valence-electron chi connectivity index (χ3n) is 4.93. The lowest BCUT2D eigenvalue weighted by molar-refractivity contribution is -0.0650. The van der Waals surface area contributed by atoms with Gasteiger partial charge in [0.2, 0.25) is 0 Å². The van der Waals surface area contributed by atoms with Gasteiger partial charge < -0.3 is 5.11 Å². The zero-order valence-corrected chi connectivity index (χ0v) is 14.5. The zero-order valence-electron chi connectivity index (χ0n) is 14.5. The number of unbranched alkanes of at least 4 members (excludes halogenated alkanes) is 7. The van der Waals surface area contributed by atoms with Gasteiger partial charge in [-0.2, -0.15) is 0 Å². The van der Waals surface area contributed by atoms with E-state index in [2.05, 4.69) is 27.7 Å². The van der Waals surface area contributed by atoms with E-state index in [1.54, 1.807) is 0 Å². The number of hydrogen-bond donors (Lipinski definition) is 1. The topological polar surface area (TPSA) is 20.2 Å². The molecule has 0 bridgehead atoms. The molecule has 0 amide bonds. The van der Waals surface area contributed by atoms with E-state index in [4.69, 9.17) is 0 Å². The first-order valence-electron chi connectivity index (χ1n) is 9.09. The quantitative estimate of drug-likeness (QED) is 0.507. The summed E-state index contributed by atoms with van der Waals surface area (Å²) >= 11 is 0. The van der Waals surface area contributed by atoms with Crippen LogP contribution in [0.25, 0.3) is 0 Å². The third-order valence-corrected chi connectivity index (χ3v) is 4.93. The number of aliphatic hydroxyl groups is 1. The molecule has 0 spiro atoms. The summed E-state index contributed by atoms with van der Waals surface area (Å²) in [4.78, 5) is 0. The van der Waals surface area contributed by atoms with E-state index in [0.717, 1.165) is 19.3 Å². The van der Waals surface area contributed by atoms with Crippen LogP contribution in [0.3, 0.4) is 0 Å². The van der Waals surface area contributed by atoms with Crippen LogP contribution in [0, 0.1) is 11.3 Å². The largest absolute Gasteiger partial charge is 0.390 e. The van der Waals surface area contributed by atoms with Crippen LogP contribution in [-0.2, 0) is 0 Å². The van der Waals surface area contributed by atoms with Crippen LogP contribution < -0.4 is 0 Å². The van der Waals surface area contributed by atoms with Crippen molar-refractivity contribution in [2.45, 2.75) is 110 Å². The molecule has 1 nitrogen and oxygen atoms in total. The Labute approximate surface area is 127 Å². The summed E-state index contributed by atoms with van der Waals surface area (Å²) in [5.41, 5.74) is -0.0457. The molecule has 1 heteroatoms. The molecule has 0 saturated heterocycles. The van der Waals surface area contributed by atoms with Crippen molar-refractivity contribution >= 4 is 0 Å². The number of rotatable bonds is 9. The van der Waals surface area contributed by atoms with Crippen LogP contribution >= 0.6 is 0 Å². The first kappa shape index (κ1) is 18.0. The molecule has 1 saturated carbocycles. The van der Waals surface area contributed by atoms with Crippen LogP contribution in [0.5, 0.6) is 0 Å². The molecule has 1 aliphatic carbocycles. The summed E-state index contributed by atoms with van der Waals surface area (Å²) in [5.74, 6) is 0.679. The normalized spacial score (nSPS) is 29.6. The predicted octanol–water partition coefficient (Wildman–Crippen LogP) is 6.09. The minimum atomic E-state index is -0.372. The monoisotopic (exact) mass is 282 g/mol. The highest BCUT2D eigenvalue weighted by atomic mass is 16.3. The summed E-state index contributed by atoms with van der Waals surface area (Å²) in [7, 11) is 0.